The maximum atomic E-state index is 11.7. The van der Waals surface area contributed by atoms with Gasteiger partial charge >= 0.3 is 0 Å². The minimum Gasteiger partial charge on any atom is -1.00 e. The van der Waals surface area contributed by atoms with Crippen LogP contribution in [0.25, 0.3) is 0 Å². The summed E-state index contributed by atoms with van der Waals surface area (Å²) in [6, 6.07) is 10.5. The number of halogens is 1. The molecule has 3 rings (SSSR count). The molecule has 1 aromatic carbocycles. The van der Waals surface area contributed by atoms with E-state index in [0.29, 0.717) is 5.92 Å². The largest absolute Gasteiger partial charge is 1.00 e. The molecule has 2 nitrogen and oxygen atoms in total. The van der Waals surface area contributed by atoms with Crippen LogP contribution in [0.5, 0.6) is 0 Å². The number of hydrogen-bond donors (Lipinski definition) is 1. The highest BCUT2D eigenvalue weighted by molar-refractivity contribution is 5.23. The van der Waals surface area contributed by atoms with E-state index in [9.17, 15) is 5.11 Å². The van der Waals surface area contributed by atoms with E-state index in [0.717, 1.165) is 23.0 Å². The summed E-state index contributed by atoms with van der Waals surface area (Å²) in [5.74, 6) is 0.442. The fraction of sp³-hybridized carbons (Fsp3) is 0.700. The Labute approximate surface area is 158 Å². The van der Waals surface area contributed by atoms with Crippen molar-refractivity contribution in [3.8, 4) is 0 Å². The van der Waals surface area contributed by atoms with E-state index in [1.54, 1.807) is 0 Å². The highest BCUT2D eigenvalue weighted by Crippen LogP contribution is 2.42. The molecule has 1 atom stereocenters. The summed E-state index contributed by atoms with van der Waals surface area (Å²) in [6.07, 6.45) is 9.91. The lowest BCUT2D eigenvalue weighted by Crippen LogP contribution is -3.00. The van der Waals surface area contributed by atoms with Crippen LogP contribution >= 0.6 is 0 Å². The zero-order valence-corrected chi connectivity index (χ0v) is 16.7. The molecule has 0 spiro atoms. The van der Waals surface area contributed by atoms with Crippen LogP contribution in [0.15, 0.2) is 30.3 Å². The molecule has 1 aliphatic heterocycles. The van der Waals surface area contributed by atoms with Crippen LogP contribution in [-0.2, 0) is 5.60 Å². The molecular weight excluding hydrogens is 397 g/mol. The number of nitrogens with zero attached hydrogens (tertiary/aromatic N) is 1. The van der Waals surface area contributed by atoms with E-state index in [1.807, 2.05) is 0 Å². The molecule has 1 aliphatic carbocycles. The van der Waals surface area contributed by atoms with Crippen molar-refractivity contribution in [2.45, 2.75) is 57.0 Å². The van der Waals surface area contributed by atoms with Gasteiger partial charge in [0.15, 0.2) is 0 Å². The molecule has 130 valence electrons. The van der Waals surface area contributed by atoms with Gasteiger partial charge in [-0.2, -0.15) is 0 Å². The summed E-state index contributed by atoms with van der Waals surface area (Å²) in [5, 5.41) is 11.7. The Balaban J connectivity index is 0.00000192. The summed E-state index contributed by atoms with van der Waals surface area (Å²) >= 11 is 0. The highest BCUT2D eigenvalue weighted by Gasteiger charge is 2.41. The minimum atomic E-state index is -0.620. The zero-order chi connectivity index (χ0) is 15.5. The predicted octanol–water partition coefficient (Wildman–Crippen LogP) is 1.09. The van der Waals surface area contributed by atoms with Gasteiger partial charge in [0.1, 0.15) is 0 Å². The molecule has 1 heterocycles. The molecule has 2 fully saturated rings. The second kappa shape index (κ2) is 8.30. The second-order valence-electron chi connectivity index (χ2n) is 7.87. The van der Waals surface area contributed by atoms with Crippen LogP contribution in [0.1, 0.15) is 56.9 Å². The molecule has 23 heavy (non-hydrogen) atoms. The molecule has 2 aliphatic rings. The first kappa shape index (κ1) is 19.2. The third kappa shape index (κ3) is 4.49. The zero-order valence-electron chi connectivity index (χ0n) is 14.5. The van der Waals surface area contributed by atoms with Crippen LogP contribution in [0.2, 0.25) is 0 Å². The van der Waals surface area contributed by atoms with E-state index < -0.39 is 5.60 Å². The number of likely N-dealkylation sites (tertiary alicyclic amines) is 1. The van der Waals surface area contributed by atoms with Crippen molar-refractivity contribution in [3.05, 3.63) is 35.9 Å². The average Bonchev–Trinajstić information content (AvgIpc) is 3.01. The molecular formula is C20H32INO. The topological polar surface area (TPSA) is 20.2 Å². The van der Waals surface area contributed by atoms with E-state index in [2.05, 4.69) is 37.4 Å². The summed E-state index contributed by atoms with van der Waals surface area (Å²) in [4.78, 5) is 0. The van der Waals surface area contributed by atoms with E-state index in [-0.39, 0.29) is 24.0 Å². The summed E-state index contributed by atoms with van der Waals surface area (Å²) < 4.78 is 1.15. The van der Waals surface area contributed by atoms with Crippen molar-refractivity contribution in [2.75, 3.05) is 26.7 Å². The first-order chi connectivity index (χ1) is 10.6. The minimum absolute atomic E-state index is 0. The smallest absolute Gasteiger partial charge is 0.0978 e. The Bertz CT molecular complexity index is 466. The average molecular weight is 429 g/mol. The van der Waals surface area contributed by atoms with Gasteiger partial charge in [-0.05, 0) is 24.3 Å². The van der Waals surface area contributed by atoms with Gasteiger partial charge in [0.25, 0.3) is 0 Å². The predicted molar refractivity (Wildman–Crippen MR) is 91.6 cm³/mol. The van der Waals surface area contributed by atoms with Crippen molar-refractivity contribution in [2.24, 2.45) is 5.92 Å². The number of rotatable bonds is 5. The van der Waals surface area contributed by atoms with Gasteiger partial charge in [-0.1, -0.05) is 49.6 Å². The Kier molecular flexibility index (Phi) is 6.93. The Morgan fingerprint density at radius 3 is 2.22 bits per heavy atom. The summed E-state index contributed by atoms with van der Waals surface area (Å²) in [5.41, 5.74) is 0.527. The lowest BCUT2D eigenvalue weighted by atomic mass is 9.71. The Hall–Kier alpha value is -0.130. The van der Waals surface area contributed by atoms with Gasteiger partial charge in [0.05, 0.1) is 32.3 Å². The van der Waals surface area contributed by atoms with Crippen molar-refractivity contribution in [1.82, 2.24) is 0 Å². The lowest BCUT2D eigenvalue weighted by Gasteiger charge is -2.41. The Morgan fingerprint density at radius 1 is 1.00 bits per heavy atom. The van der Waals surface area contributed by atoms with Crippen LogP contribution in [0, 0.1) is 5.92 Å². The number of hydrogen-bond acceptors (Lipinski definition) is 1. The first-order valence-corrected chi connectivity index (χ1v) is 9.24. The lowest BCUT2D eigenvalue weighted by molar-refractivity contribution is -0.898. The first-order valence-electron chi connectivity index (χ1n) is 9.24. The summed E-state index contributed by atoms with van der Waals surface area (Å²) in [6.45, 7) is 3.69. The van der Waals surface area contributed by atoms with Crippen molar-refractivity contribution in [3.63, 3.8) is 0 Å². The van der Waals surface area contributed by atoms with Crippen LogP contribution in [-0.4, -0.2) is 36.3 Å². The SMILES string of the molecule is C[N+]1(CC[C@@](O)(c2ccccc2)C2CCCCC2)CCCC1.[I-]. The third-order valence-electron chi connectivity index (χ3n) is 6.23. The maximum Gasteiger partial charge on any atom is 0.0978 e. The fourth-order valence-electron chi connectivity index (χ4n) is 4.65. The van der Waals surface area contributed by atoms with Gasteiger partial charge in [0, 0.05) is 19.3 Å². The van der Waals surface area contributed by atoms with E-state index >= 15 is 0 Å². The quantitative estimate of drug-likeness (QED) is 0.549. The van der Waals surface area contributed by atoms with Gasteiger partial charge < -0.3 is 33.6 Å². The van der Waals surface area contributed by atoms with Crippen LogP contribution in [0.4, 0.5) is 0 Å². The molecule has 3 heteroatoms. The molecule has 0 amide bonds. The monoisotopic (exact) mass is 429 g/mol. The summed E-state index contributed by atoms with van der Waals surface area (Å²) in [7, 11) is 2.37. The molecule has 0 aromatic heterocycles. The highest BCUT2D eigenvalue weighted by atomic mass is 127. The Morgan fingerprint density at radius 2 is 1.61 bits per heavy atom. The number of quaternary nitrogens is 1. The molecule has 0 radical (unpaired) electrons. The van der Waals surface area contributed by atoms with E-state index in [4.69, 9.17) is 0 Å². The fourth-order valence-corrected chi connectivity index (χ4v) is 4.65. The standard InChI is InChI=1S/C20H32NO.HI/c1-21(15-8-9-16-21)17-14-20(22,18-10-4-2-5-11-18)19-12-6-3-7-13-19;/h2,4-5,10-11,19,22H,3,6-9,12-17H2,1H3;1H/q+1;/p-1/t20-;/m1./s1. The second-order valence-corrected chi connectivity index (χ2v) is 7.87. The van der Waals surface area contributed by atoms with E-state index in [1.165, 1.54) is 58.0 Å². The third-order valence-corrected chi connectivity index (χ3v) is 6.23. The van der Waals surface area contributed by atoms with Gasteiger partial charge in [-0.15, -0.1) is 0 Å². The number of benzene rings is 1. The molecule has 1 saturated carbocycles. The van der Waals surface area contributed by atoms with Gasteiger partial charge in [-0.25, -0.2) is 0 Å². The molecule has 0 unspecified atom stereocenters. The van der Waals surface area contributed by atoms with Crippen LogP contribution in [0.3, 0.4) is 0 Å². The van der Waals surface area contributed by atoms with Crippen molar-refractivity contribution in [1.29, 1.82) is 0 Å². The molecule has 0 bridgehead atoms. The van der Waals surface area contributed by atoms with Gasteiger partial charge in [-0.3, -0.25) is 0 Å². The van der Waals surface area contributed by atoms with Crippen LogP contribution < -0.4 is 24.0 Å². The molecule has 1 saturated heterocycles. The van der Waals surface area contributed by atoms with Gasteiger partial charge in [0.2, 0.25) is 0 Å². The maximum absolute atomic E-state index is 11.7. The molecule has 1 N–H and O–H groups in total. The normalized spacial score (nSPS) is 23.9. The van der Waals surface area contributed by atoms with Crippen molar-refractivity contribution >= 4 is 0 Å². The number of aliphatic hydroxyl groups is 1. The molecule has 1 aromatic rings. The van der Waals surface area contributed by atoms with Crippen molar-refractivity contribution < 1.29 is 33.6 Å².